The zero-order chi connectivity index (χ0) is 13.9. The molecule has 1 aromatic heterocycles. The molecule has 1 aliphatic rings. The molecule has 1 aromatic rings. The molecule has 5 heteroatoms. The van der Waals surface area contributed by atoms with Gasteiger partial charge in [-0.15, -0.1) is 5.10 Å². The third-order valence-electron chi connectivity index (χ3n) is 3.97. The Labute approximate surface area is 116 Å². The first-order valence-electron chi connectivity index (χ1n) is 7.49. The minimum absolute atomic E-state index is 0.0891. The highest BCUT2D eigenvalue weighted by atomic mass is 15.6. The van der Waals surface area contributed by atoms with Crippen LogP contribution in [0.5, 0.6) is 0 Å². The summed E-state index contributed by atoms with van der Waals surface area (Å²) >= 11 is 0. The first kappa shape index (κ1) is 14.4. The van der Waals surface area contributed by atoms with E-state index in [2.05, 4.69) is 53.2 Å². The zero-order valence-electron chi connectivity index (χ0n) is 12.7. The third kappa shape index (κ3) is 4.00. The summed E-state index contributed by atoms with van der Waals surface area (Å²) in [6, 6.07) is 0.467. The molecule has 1 N–H and O–H groups in total. The second kappa shape index (κ2) is 5.99. The van der Waals surface area contributed by atoms with Gasteiger partial charge in [0.05, 0.1) is 12.6 Å². The van der Waals surface area contributed by atoms with Crippen LogP contribution in [0.2, 0.25) is 0 Å². The van der Waals surface area contributed by atoms with Crippen molar-refractivity contribution >= 4 is 0 Å². The molecule has 0 amide bonds. The zero-order valence-corrected chi connectivity index (χ0v) is 12.7. The monoisotopic (exact) mass is 265 g/mol. The van der Waals surface area contributed by atoms with E-state index in [9.17, 15) is 0 Å². The highest BCUT2D eigenvalue weighted by molar-refractivity contribution is 4.88. The second-order valence-corrected chi connectivity index (χ2v) is 6.83. The average molecular weight is 265 g/mol. The maximum Gasteiger partial charge on any atom is 0.165 e. The van der Waals surface area contributed by atoms with E-state index in [-0.39, 0.29) is 5.54 Å². The Balaban J connectivity index is 2.09. The Kier molecular flexibility index (Phi) is 4.55. The van der Waals surface area contributed by atoms with Crippen LogP contribution < -0.4 is 5.32 Å². The van der Waals surface area contributed by atoms with Crippen molar-refractivity contribution in [2.45, 2.75) is 77.9 Å². The fourth-order valence-electron chi connectivity index (χ4n) is 2.77. The van der Waals surface area contributed by atoms with Crippen LogP contribution in [0, 0.1) is 5.92 Å². The Hall–Kier alpha value is -0.970. The Morgan fingerprint density at radius 1 is 1.21 bits per heavy atom. The maximum absolute atomic E-state index is 4.25. The van der Waals surface area contributed by atoms with Crippen LogP contribution in [0.25, 0.3) is 0 Å². The van der Waals surface area contributed by atoms with E-state index in [4.69, 9.17) is 0 Å². The molecular weight excluding hydrogens is 238 g/mol. The Morgan fingerprint density at radius 2 is 1.95 bits per heavy atom. The predicted octanol–water partition coefficient (Wildman–Crippen LogP) is 2.70. The van der Waals surface area contributed by atoms with Crippen molar-refractivity contribution in [2.75, 3.05) is 0 Å². The first-order valence-corrected chi connectivity index (χ1v) is 7.49. The van der Waals surface area contributed by atoms with Crippen molar-refractivity contribution in [1.29, 1.82) is 0 Å². The minimum Gasteiger partial charge on any atom is -0.305 e. The summed E-state index contributed by atoms with van der Waals surface area (Å²) in [5, 5.41) is 15.8. The van der Waals surface area contributed by atoms with Gasteiger partial charge < -0.3 is 5.32 Å². The van der Waals surface area contributed by atoms with Gasteiger partial charge in [-0.3, -0.25) is 0 Å². The lowest BCUT2D eigenvalue weighted by Gasteiger charge is -2.24. The van der Waals surface area contributed by atoms with Gasteiger partial charge in [-0.05, 0) is 50.0 Å². The smallest absolute Gasteiger partial charge is 0.165 e. The number of nitrogens with one attached hydrogen (secondary N) is 1. The summed E-state index contributed by atoms with van der Waals surface area (Å²) in [7, 11) is 0. The van der Waals surface area contributed by atoms with Crippen molar-refractivity contribution in [3.05, 3.63) is 5.82 Å². The fraction of sp³-hybridized carbons (Fsp3) is 0.929. The Morgan fingerprint density at radius 3 is 2.68 bits per heavy atom. The van der Waals surface area contributed by atoms with Gasteiger partial charge in [-0.25, -0.2) is 4.68 Å². The maximum atomic E-state index is 4.25. The van der Waals surface area contributed by atoms with Crippen molar-refractivity contribution < 1.29 is 0 Å². The van der Waals surface area contributed by atoms with Gasteiger partial charge in [0.15, 0.2) is 5.82 Å². The molecule has 1 aliphatic carbocycles. The van der Waals surface area contributed by atoms with Gasteiger partial charge in [-0.1, -0.05) is 26.2 Å². The summed E-state index contributed by atoms with van der Waals surface area (Å²) < 4.78 is 2.06. The topological polar surface area (TPSA) is 55.6 Å². The number of hydrogen-bond donors (Lipinski definition) is 1. The average Bonchev–Trinajstić information content (AvgIpc) is 2.68. The second-order valence-electron chi connectivity index (χ2n) is 6.83. The molecule has 1 heterocycles. The molecule has 0 bridgehead atoms. The third-order valence-corrected chi connectivity index (χ3v) is 3.97. The molecule has 2 unspecified atom stereocenters. The molecule has 108 valence electrons. The van der Waals surface area contributed by atoms with Crippen molar-refractivity contribution in [3.8, 4) is 0 Å². The molecule has 2 rings (SSSR count). The quantitative estimate of drug-likeness (QED) is 0.854. The summed E-state index contributed by atoms with van der Waals surface area (Å²) in [5.41, 5.74) is 0.0891. The van der Waals surface area contributed by atoms with E-state index < -0.39 is 0 Å². The van der Waals surface area contributed by atoms with Crippen LogP contribution in [0.1, 0.15) is 71.7 Å². The van der Waals surface area contributed by atoms with E-state index in [0.29, 0.717) is 12.0 Å². The summed E-state index contributed by atoms with van der Waals surface area (Å²) in [6.45, 7) is 9.55. The molecule has 19 heavy (non-hydrogen) atoms. The lowest BCUT2D eigenvalue weighted by Crippen LogP contribution is -2.36. The normalized spacial score (nSPS) is 25.3. The van der Waals surface area contributed by atoms with E-state index in [1.807, 2.05) is 0 Å². The van der Waals surface area contributed by atoms with Gasteiger partial charge in [0.1, 0.15) is 0 Å². The SMILES string of the molecule is CC1CCCCCC1n1nnnc1CNC(C)(C)C. The highest BCUT2D eigenvalue weighted by Crippen LogP contribution is 2.32. The van der Waals surface area contributed by atoms with Crippen LogP contribution in [-0.4, -0.2) is 25.7 Å². The van der Waals surface area contributed by atoms with E-state index >= 15 is 0 Å². The Bertz CT molecular complexity index is 393. The van der Waals surface area contributed by atoms with Crippen LogP contribution in [-0.2, 0) is 6.54 Å². The van der Waals surface area contributed by atoms with Crippen molar-refractivity contribution in [3.63, 3.8) is 0 Å². The molecule has 0 aromatic carbocycles. The first-order chi connectivity index (χ1) is 8.97. The molecule has 0 radical (unpaired) electrons. The molecule has 0 aliphatic heterocycles. The number of nitrogens with zero attached hydrogens (tertiary/aromatic N) is 4. The van der Waals surface area contributed by atoms with Crippen LogP contribution >= 0.6 is 0 Å². The lowest BCUT2D eigenvalue weighted by molar-refractivity contribution is 0.290. The number of hydrogen-bond acceptors (Lipinski definition) is 4. The van der Waals surface area contributed by atoms with Crippen molar-refractivity contribution in [2.24, 2.45) is 5.92 Å². The van der Waals surface area contributed by atoms with Crippen LogP contribution in [0.3, 0.4) is 0 Å². The number of tetrazole rings is 1. The van der Waals surface area contributed by atoms with E-state index in [1.165, 1.54) is 32.1 Å². The number of rotatable bonds is 3. The summed E-state index contributed by atoms with van der Waals surface area (Å²) in [5.74, 6) is 1.63. The molecular formula is C14H27N5. The summed E-state index contributed by atoms with van der Waals surface area (Å²) in [6.07, 6.45) is 6.47. The fourth-order valence-corrected chi connectivity index (χ4v) is 2.77. The molecule has 0 saturated heterocycles. The van der Waals surface area contributed by atoms with Gasteiger partial charge in [-0.2, -0.15) is 0 Å². The predicted molar refractivity (Wildman–Crippen MR) is 75.7 cm³/mol. The lowest BCUT2D eigenvalue weighted by atomic mass is 9.97. The molecule has 1 fully saturated rings. The van der Waals surface area contributed by atoms with Gasteiger partial charge >= 0.3 is 0 Å². The minimum atomic E-state index is 0.0891. The largest absolute Gasteiger partial charge is 0.305 e. The van der Waals surface area contributed by atoms with Crippen LogP contribution in [0.15, 0.2) is 0 Å². The molecule has 0 spiro atoms. The summed E-state index contributed by atoms with van der Waals surface area (Å²) in [4.78, 5) is 0. The van der Waals surface area contributed by atoms with Crippen LogP contribution in [0.4, 0.5) is 0 Å². The highest BCUT2D eigenvalue weighted by Gasteiger charge is 2.25. The molecule has 2 atom stereocenters. The van der Waals surface area contributed by atoms with E-state index in [0.717, 1.165) is 12.4 Å². The standard InChI is InChI=1S/C14H27N5/c1-11-8-6-5-7-9-12(11)19-13(16-17-18-19)10-15-14(2,3)4/h11-12,15H,5-10H2,1-4H3. The molecule has 5 nitrogen and oxygen atoms in total. The van der Waals surface area contributed by atoms with Crippen molar-refractivity contribution in [1.82, 2.24) is 25.5 Å². The molecule has 1 saturated carbocycles. The number of aromatic nitrogens is 4. The van der Waals surface area contributed by atoms with E-state index in [1.54, 1.807) is 0 Å². The van der Waals surface area contributed by atoms with Gasteiger partial charge in [0.2, 0.25) is 0 Å². The van der Waals surface area contributed by atoms with Gasteiger partial charge in [0, 0.05) is 5.54 Å². The van der Waals surface area contributed by atoms with Gasteiger partial charge in [0.25, 0.3) is 0 Å².